The fraction of sp³-hybridized carbons (Fsp3) is 0.846. The molecule has 0 aromatic heterocycles. The summed E-state index contributed by atoms with van der Waals surface area (Å²) in [5, 5.41) is 3.37. The average molecular weight is 262 g/mol. The molecule has 0 amide bonds. The molecular weight excluding hydrogens is 241 g/mol. The Bertz CT molecular complexity index is 293. The van der Waals surface area contributed by atoms with Crippen LogP contribution in [0.4, 0.5) is 13.2 Å². The highest BCUT2D eigenvalue weighted by molar-refractivity contribution is 5.12. The summed E-state index contributed by atoms with van der Waals surface area (Å²) in [6.07, 6.45) is 0.948. The van der Waals surface area contributed by atoms with Gasteiger partial charge in [0.1, 0.15) is 0 Å². The molecule has 0 spiro atoms. The van der Waals surface area contributed by atoms with Gasteiger partial charge in [-0.15, -0.1) is 0 Å². The van der Waals surface area contributed by atoms with E-state index in [1.807, 2.05) is 0 Å². The lowest BCUT2D eigenvalue weighted by atomic mass is 9.95. The molecule has 18 heavy (non-hydrogen) atoms. The Labute approximate surface area is 106 Å². The third kappa shape index (κ3) is 3.99. The van der Waals surface area contributed by atoms with E-state index in [0.717, 1.165) is 26.1 Å². The van der Waals surface area contributed by atoms with E-state index in [1.54, 1.807) is 0 Å². The molecule has 0 bridgehead atoms. The minimum absolute atomic E-state index is 0.145. The van der Waals surface area contributed by atoms with Crippen molar-refractivity contribution in [2.24, 2.45) is 5.92 Å². The fourth-order valence-corrected chi connectivity index (χ4v) is 2.71. The van der Waals surface area contributed by atoms with E-state index in [4.69, 9.17) is 0 Å². The standard InChI is InChI=1S/C13H21F3N2/c14-13(15,16)12-4-8-18(9-5-12)7-3-11-2-1-6-17-10-11/h4,11,17H,1-3,5-10H2. The first-order valence-corrected chi connectivity index (χ1v) is 6.75. The predicted molar refractivity (Wildman–Crippen MR) is 65.4 cm³/mol. The van der Waals surface area contributed by atoms with E-state index in [1.165, 1.54) is 18.9 Å². The molecular formula is C13H21F3N2. The van der Waals surface area contributed by atoms with Crippen LogP contribution in [0.15, 0.2) is 11.6 Å². The van der Waals surface area contributed by atoms with Gasteiger partial charge in [0, 0.05) is 18.7 Å². The average Bonchev–Trinajstić information content (AvgIpc) is 2.37. The SMILES string of the molecule is FC(F)(F)C1=CCN(CCC2CCCNC2)CC1. The summed E-state index contributed by atoms with van der Waals surface area (Å²) < 4.78 is 37.3. The van der Waals surface area contributed by atoms with Crippen molar-refractivity contribution in [3.63, 3.8) is 0 Å². The quantitative estimate of drug-likeness (QED) is 0.786. The molecule has 1 saturated heterocycles. The van der Waals surface area contributed by atoms with Crippen LogP contribution < -0.4 is 5.32 Å². The maximum atomic E-state index is 12.4. The highest BCUT2D eigenvalue weighted by atomic mass is 19.4. The van der Waals surface area contributed by atoms with E-state index in [0.29, 0.717) is 19.0 Å². The summed E-state index contributed by atoms with van der Waals surface area (Å²) in [5.74, 6) is 0.701. The zero-order valence-electron chi connectivity index (χ0n) is 10.6. The largest absolute Gasteiger partial charge is 0.412 e. The number of piperidine rings is 1. The minimum Gasteiger partial charge on any atom is -0.316 e. The second-order valence-corrected chi connectivity index (χ2v) is 5.28. The van der Waals surface area contributed by atoms with E-state index in [2.05, 4.69) is 10.2 Å². The number of rotatable bonds is 3. The Kier molecular flexibility index (Phi) is 4.67. The maximum absolute atomic E-state index is 12.4. The Balaban J connectivity index is 1.71. The van der Waals surface area contributed by atoms with Gasteiger partial charge in [0.25, 0.3) is 0 Å². The topological polar surface area (TPSA) is 15.3 Å². The van der Waals surface area contributed by atoms with Gasteiger partial charge < -0.3 is 5.32 Å². The van der Waals surface area contributed by atoms with E-state index >= 15 is 0 Å². The van der Waals surface area contributed by atoms with E-state index in [9.17, 15) is 13.2 Å². The first-order valence-electron chi connectivity index (χ1n) is 6.75. The highest BCUT2D eigenvalue weighted by Gasteiger charge is 2.34. The van der Waals surface area contributed by atoms with E-state index < -0.39 is 6.18 Å². The third-order valence-corrected chi connectivity index (χ3v) is 3.91. The van der Waals surface area contributed by atoms with Gasteiger partial charge in [0.15, 0.2) is 0 Å². The summed E-state index contributed by atoms with van der Waals surface area (Å²) in [5.41, 5.74) is -0.349. The Morgan fingerprint density at radius 2 is 2.22 bits per heavy atom. The molecule has 1 fully saturated rings. The molecule has 1 unspecified atom stereocenters. The number of nitrogens with one attached hydrogen (secondary N) is 1. The second-order valence-electron chi connectivity index (χ2n) is 5.28. The molecule has 2 aliphatic rings. The summed E-state index contributed by atoms with van der Waals surface area (Å²) in [7, 11) is 0. The monoisotopic (exact) mass is 262 g/mol. The number of hydrogen-bond acceptors (Lipinski definition) is 2. The molecule has 0 radical (unpaired) electrons. The Morgan fingerprint density at radius 1 is 1.39 bits per heavy atom. The first kappa shape index (κ1) is 13.9. The fourth-order valence-electron chi connectivity index (χ4n) is 2.71. The molecule has 104 valence electrons. The molecule has 1 N–H and O–H groups in total. The van der Waals surface area contributed by atoms with Crippen molar-refractivity contribution in [2.45, 2.75) is 31.9 Å². The van der Waals surface area contributed by atoms with Crippen molar-refractivity contribution < 1.29 is 13.2 Å². The number of alkyl halides is 3. The molecule has 5 heteroatoms. The van der Waals surface area contributed by atoms with Crippen LogP contribution in [0.5, 0.6) is 0 Å². The third-order valence-electron chi connectivity index (χ3n) is 3.91. The molecule has 0 saturated carbocycles. The summed E-state index contributed by atoms with van der Waals surface area (Å²) in [6.45, 7) is 4.10. The number of hydrogen-bond donors (Lipinski definition) is 1. The second kappa shape index (κ2) is 6.06. The van der Waals surface area contributed by atoms with Crippen molar-refractivity contribution in [3.8, 4) is 0 Å². The Hall–Kier alpha value is -0.550. The van der Waals surface area contributed by atoms with Gasteiger partial charge in [-0.05, 0) is 51.2 Å². The van der Waals surface area contributed by atoms with Gasteiger partial charge in [-0.3, -0.25) is 4.90 Å². The normalized spacial score (nSPS) is 27.1. The molecule has 0 aromatic rings. The smallest absolute Gasteiger partial charge is 0.316 e. The number of halogens is 3. The van der Waals surface area contributed by atoms with Crippen LogP contribution in [0.25, 0.3) is 0 Å². The van der Waals surface area contributed by atoms with Crippen LogP contribution in [-0.4, -0.2) is 43.8 Å². The lowest BCUT2D eigenvalue weighted by Gasteiger charge is -2.29. The van der Waals surface area contributed by atoms with Gasteiger partial charge in [0.05, 0.1) is 0 Å². The van der Waals surface area contributed by atoms with Crippen molar-refractivity contribution in [1.82, 2.24) is 10.2 Å². The lowest BCUT2D eigenvalue weighted by molar-refractivity contribution is -0.0960. The zero-order chi connectivity index (χ0) is 13.0. The van der Waals surface area contributed by atoms with Gasteiger partial charge in [0.2, 0.25) is 0 Å². The van der Waals surface area contributed by atoms with E-state index in [-0.39, 0.29) is 12.0 Å². The molecule has 2 heterocycles. The van der Waals surface area contributed by atoms with Crippen LogP contribution in [0, 0.1) is 5.92 Å². The predicted octanol–water partition coefficient (Wildman–Crippen LogP) is 2.57. The molecule has 0 aromatic carbocycles. The minimum atomic E-state index is -4.13. The van der Waals surface area contributed by atoms with Gasteiger partial charge in [-0.25, -0.2) is 0 Å². The summed E-state index contributed by atoms with van der Waals surface area (Å²) >= 11 is 0. The van der Waals surface area contributed by atoms with Crippen molar-refractivity contribution in [2.75, 3.05) is 32.7 Å². The first-order chi connectivity index (χ1) is 8.55. The van der Waals surface area contributed by atoms with Gasteiger partial charge in [-0.1, -0.05) is 6.08 Å². The molecule has 2 aliphatic heterocycles. The summed E-state index contributed by atoms with van der Waals surface area (Å²) in [4.78, 5) is 2.13. The maximum Gasteiger partial charge on any atom is 0.412 e. The van der Waals surface area contributed by atoms with Gasteiger partial charge >= 0.3 is 6.18 Å². The van der Waals surface area contributed by atoms with Crippen LogP contribution >= 0.6 is 0 Å². The lowest BCUT2D eigenvalue weighted by Crippen LogP contribution is -2.36. The summed E-state index contributed by atoms with van der Waals surface area (Å²) in [6, 6.07) is 0. The molecule has 2 nitrogen and oxygen atoms in total. The van der Waals surface area contributed by atoms with Crippen molar-refractivity contribution in [1.29, 1.82) is 0 Å². The van der Waals surface area contributed by atoms with Gasteiger partial charge in [-0.2, -0.15) is 13.2 Å². The molecule has 0 aliphatic carbocycles. The van der Waals surface area contributed by atoms with Crippen molar-refractivity contribution in [3.05, 3.63) is 11.6 Å². The van der Waals surface area contributed by atoms with Crippen LogP contribution in [0.3, 0.4) is 0 Å². The van der Waals surface area contributed by atoms with Crippen LogP contribution in [0.2, 0.25) is 0 Å². The van der Waals surface area contributed by atoms with Crippen LogP contribution in [0.1, 0.15) is 25.7 Å². The Morgan fingerprint density at radius 3 is 2.78 bits per heavy atom. The molecule has 1 atom stereocenters. The molecule has 2 rings (SSSR count). The number of nitrogens with zero attached hydrogens (tertiary/aromatic N) is 1. The van der Waals surface area contributed by atoms with Crippen molar-refractivity contribution >= 4 is 0 Å². The van der Waals surface area contributed by atoms with Crippen LogP contribution in [-0.2, 0) is 0 Å². The highest BCUT2D eigenvalue weighted by Crippen LogP contribution is 2.30. The zero-order valence-corrected chi connectivity index (χ0v) is 10.6.